The van der Waals surface area contributed by atoms with E-state index < -0.39 is 6.04 Å². The van der Waals surface area contributed by atoms with Crippen LogP contribution < -0.4 is 15.4 Å². The number of rotatable bonds is 7. The molecule has 0 aliphatic rings. The Hall–Kier alpha value is -3.41. The predicted octanol–water partition coefficient (Wildman–Crippen LogP) is 3.57. The summed E-state index contributed by atoms with van der Waals surface area (Å²) in [5, 5.41) is 7.81. The molecular formula is C23H25N3O3. The number of ether oxygens (including phenoxy) is 1. The van der Waals surface area contributed by atoms with Gasteiger partial charge in [0.25, 0.3) is 0 Å². The zero-order chi connectivity index (χ0) is 20.8. The van der Waals surface area contributed by atoms with Crippen molar-refractivity contribution in [3.05, 3.63) is 66.4 Å². The van der Waals surface area contributed by atoms with Gasteiger partial charge < -0.3 is 15.4 Å². The highest BCUT2D eigenvalue weighted by Gasteiger charge is 2.24. The number of nitrogens with one attached hydrogen (secondary N) is 2. The highest BCUT2D eigenvalue weighted by molar-refractivity contribution is 5.98. The molecule has 0 aliphatic heterocycles. The molecule has 0 fully saturated rings. The van der Waals surface area contributed by atoms with E-state index in [1.807, 2.05) is 56.3 Å². The Morgan fingerprint density at radius 1 is 1.03 bits per heavy atom. The fourth-order valence-electron chi connectivity index (χ4n) is 3.17. The molecule has 6 nitrogen and oxygen atoms in total. The van der Waals surface area contributed by atoms with Gasteiger partial charge in [0.1, 0.15) is 6.04 Å². The number of anilines is 1. The number of aromatic nitrogens is 1. The SMILES string of the molecule is COc1ccc(NC(=O)[C@H](NC(=O)Cc2cccc3ccccc23)C(C)C)cn1. The molecular weight excluding hydrogens is 366 g/mol. The zero-order valence-electron chi connectivity index (χ0n) is 16.8. The average molecular weight is 391 g/mol. The van der Waals surface area contributed by atoms with Crippen LogP contribution in [0.5, 0.6) is 5.88 Å². The molecule has 3 aromatic rings. The smallest absolute Gasteiger partial charge is 0.247 e. The molecule has 2 amide bonds. The molecule has 0 bridgehead atoms. The largest absolute Gasteiger partial charge is 0.481 e. The van der Waals surface area contributed by atoms with Gasteiger partial charge in [-0.05, 0) is 28.3 Å². The number of carbonyl (C=O) groups excluding carboxylic acids is 2. The summed E-state index contributed by atoms with van der Waals surface area (Å²) >= 11 is 0. The number of carbonyl (C=O) groups is 2. The van der Waals surface area contributed by atoms with E-state index in [0.29, 0.717) is 11.6 Å². The molecule has 2 N–H and O–H groups in total. The first-order chi connectivity index (χ1) is 14.0. The minimum Gasteiger partial charge on any atom is -0.481 e. The van der Waals surface area contributed by atoms with E-state index in [2.05, 4.69) is 15.6 Å². The third-order valence-electron chi connectivity index (χ3n) is 4.71. The van der Waals surface area contributed by atoms with E-state index in [4.69, 9.17) is 4.74 Å². The lowest BCUT2D eigenvalue weighted by atomic mass is 10.00. The fraction of sp³-hybridized carbons (Fsp3) is 0.261. The Morgan fingerprint density at radius 2 is 1.79 bits per heavy atom. The van der Waals surface area contributed by atoms with Crippen molar-refractivity contribution >= 4 is 28.3 Å². The van der Waals surface area contributed by atoms with Crippen molar-refractivity contribution in [1.29, 1.82) is 0 Å². The second kappa shape index (κ2) is 9.19. The van der Waals surface area contributed by atoms with E-state index >= 15 is 0 Å². The van der Waals surface area contributed by atoms with Gasteiger partial charge in [-0.15, -0.1) is 0 Å². The first-order valence-electron chi connectivity index (χ1n) is 9.55. The quantitative estimate of drug-likeness (QED) is 0.645. The van der Waals surface area contributed by atoms with Crippen molar-refractivity contribution in [1.82, 2.24) is 10.3 Å². The Balaban J connectivity index is 1.68. The van der Waals surface area contributed by atoms with Gasteiger partial charge >= 0.3 is 0 Å². The number of benzene rings is 2. The molecule has 150 valence electrons. The maximum absolute atomic E-state index is 12.7. The van der Waals surface area contributed by atoms with Crippen LogP contribution in [-0.4, -0.2) is 29.9 Å². The second-order valence-corrected chi connectivity index (χ2v) is 7.18. The molecule has 6 heteroatoms. The monoisotopic (exact) mass is 391 g/mol. The van der Waals surface area contributed by atoms with Gasteiger partial charge in [-0.3, -0.25) is 9.59 Å². The standard InChI is InChI=1S/C23H25N3O3/c1-15(2)22(23(28)25-18-11-12-21(29-3)24-14-18)26-20(27)13-17-9-6-8-16-7-4-5-10-19(16)17/h4-12,14-15,22H,13H2,1-3H3,(H,25,28)(H,26,27)/t22-/m1/s1. The zero-order valence-corrected chi connectivity index (χ0v) is 16.8. The highest BCUT2D eigenvalue weighted by Crippen LogP contribution is 2.19. The summed E-state index contributed by atoms with van der Waals surface area (Å²) in [6, 6.07) is 16.6. The summed E-state index contributed by atoms with van der Waals surface area (Å²) in [5.41, 5.74) is 1.48. The Labute approximate surface area is 170 Å². The average Bonchev–Trinajstić information content (AvgIpc) is 2.72. The lowest BCUT2D eigenvalue weighted by Crippen LogP contribution is -2.47. The van der Waals surface area contributed by atoms with Gasteiger partial charge in [0.2, 0.25) is 17.7 Å². The molecule has 0 aliphatic carbocycles. The summed E-state index contributed by atoms with van der Waals surface area (Å²) in [6.07, 6.45) is 1.73. The summed E-state index contributed by atoms with van der Waals surface area (Å²) in [6.45, 7) is 3.80. The molecule has 29 heavy (non-hydrogen) atoms. The lowest BCUT2D eigenvalue weighted by molar-refractivity contribution is -0.127. The Morgan fingerprint density at radius 3 is 2.48 bits per heavy atom. The highest BCUT2D eigenvalue weighted by atomic mass is 16.5. The molecule has 1 heterocycles. The van der Waals surface area contributed by atoms with Crippen LogP contribution in [-0.2, 0) is 16.0 Å². The summed E-state index contributed by atoms with van der Waals surface area (Å²) in [4.78, 5) is 29.5. The molecule has 0 saturated heterocycles. The predicted molar refractivity (Wildman–Crippen MR) is 114 cm³/mol. The molecule has 0 saturated carbocycles. The molecule has 0 unspecified atom stereocenters. The van der Waals surface area contributed by atoms with Gasteiger partial charge in [0.15, 0.2) is 0 Å². The topological polar surface area (TPSA) is 80.3 Å². The first kappa shape index (κ1) is 20.3. The lowest BCUT2D eigenvalue weighted by Gasteiger charge is -2.22. The third kappa shape index (κ3) is 5.10. The molecule has 1 atom stereocenters. The van der Waals surface area contributed by atoms with Crippen LogP contribution in [0.2, 0.25) is 0 Å². The van der Waals surface area contributed by atoms with Gasteiger partial charge in [-0.25, -0.2) is 4.98 Å². The van der Waals surface area contributed by atoms with Crippen molar-refractivity contribution in [2.24, 2.45) is 5.92 Å². The fourth-order valence-corrected chi connectivity index (χ4v) is 3.17. The molecule has 2 aromatic carbocycles. The number of hydrogen-bond acceptors (Lipinski definition) is 4. The van der Waals surface area contributed by atoms with E-state index in [1.165, 1.54) is 13.3 Å². The van der Waals surface area contributed by atoms with Crippen LogP contribution in [0.15, 0.2) is 60.8 Å². The number of hydrogen-bond donors (Lipinski definition) is 2. The number of fused-ring (bicyclic) bond motifs is 1. The minimum absolute atomic E-state index is 0.0716. The maximum Gasteiger partial charge on any atom is 0.247 e. The summed E-state index contributed by atoms with van der Waals surface area (Å²) in [5.74, 6) is -0.0780. The number of methoxy groups -OCH3 is 1. The first-order valence-corrected chi connectivity index (χ1v) is 9.55. The van der Waals surface area contributed by atoms with Gasteiger partial charge in [-0.2, -0.15) is 0 Å². The van der Waals surface area contributed by atoms with Crippen LogP contribution in [0, 0.1) is 5.92 Å². The summed E-state index contributed by atoms with van der Waals surface area (Å²) in [7, 11) is 1.53. The second-order valence-electron chi connectivity index (χ2n) is 7.18. The van der Waals surface area contributed by atoms with Crippen LogP contribution >= 0.6 is 0 Å². The van der Waals surface area contributed by atoms with Crippen LogP contribution in [0.3, 0.4) is 0 Å². The van der Waals surface area contributed by atoms with Crippen molar-refractivity contribution in [2.45, 2.75) is 26.3 Å². The van der Waals surface area contributed by atoms with Crippen molar-refractivity contribution in [3.8, 4) is 5.88 Å². The van der Waals surface area contributed by atoms with Gasteiger partial charge in [-0.1, -0.05) is 56.3 Å². The number of nitrogens with zero attached hydrogens (tertiary/aromatic N) is 1. The molecule has 3 rings (SSSR count). The van der Waals surface area contributed by atoms with E-state index in [0.717, 1.165) is 16.3 Å². The normalized spacial score (nSPS) is 11.9. The Kier molecular flexibility index (Phi) is 6.44. The number of amides is 2. The molecule has 0 spiro atoms. The Bertz CT molecular complexity index is 994. The van der Waals surface area contributed by atoms with Crippen LogP contribution in [0.4, 0.5) is 5.69 Å². The van der Waals surface area contributed by atoms with Crippen LogP contribution in [0.1, 0.15) is 19.4 Å². The maximum atomic E-state index is 12.7. The number of pyridine rings is 1. The third-order valence-corrected chi connectivity index (χ3v) is 4.71. The molecule has 0 radical (unpaired) electrons. The van der Waals surface area contributed by atoms with Crippen molar-refractivity contribution in [2.75, 3.05) is 12.4 Å². The van der Waals surface area contributed by atoms with Crippen LogP contribution in [0.25, 0.3) is 10.8 Å². The molecule has 1 aromatic heterocycles. The van der Waals surface area contributed by atoms with Gasteiger partial charge in [0.05, 0.1) is 25.4 Å². The van der Waals surface area contributed by atoms with E-state index in [1.54, 1.807) is 12.1 Å². The minimum atomic E-state index is -0.653. The van der Waals surface area contributed by atoms with Gasteiger partial charge in [0, 0.05) is 6.07 Å². The van der Waals surface area contributed by atoms with E-state index in [-0.39, 0.29) is 24.2 Å². The summed E-state index contributed by atoms with van der Waals surface area (Å²) < 4.78 is 5.02. The van der Waals surface area contributed by atoms with Crippen molar-refractivity contribution in [3.63, 3.8) is 0 Å². The van der Waals surface area contributed by atoms with Crippen molar-refractivity contribution < 1.29 is 14.3 Å². The van der Waals surface area contributed by atoms with E-state index in [9.17, 15) is 9.59 Å².